The first kappa shape index (κ1) is 19.1. The largest absolute Gasteiger partial charge is 0.396 e. The van der Waals surface area contributed by atoms with Crippen LogP contribution in [0.25, 0.3) is 10.9 Å². The van der Waals surface area contributed by atoms with E-state index in [1.165, 1.54) is 0 Å². The number of aryl methyl sites for hydroxylation is 2. The minimum absolute atomic E-state index is 0.0699. The van der Waals surface area contributed by atoms with Gasteiger partial charge in [-0.1, -0.05) is 17.7 Å². The van der Waals surface area contributed by atoms with Gasteiger partial charge in [-0.25, -0.2) is 4.98 Å². The van der Waals surface area contributed by atoms with Crippen LogP contribution in [0.2, 0.25) is 5.02 Å². The number of hydrogen-bond donors (Lipinski definition) is 1. The number of benzene rings is 1. The first-order valence-electron chi connectivity index (χ1n) is 10.1. The van der Waals surface area contributed by atoms with Crippen LogP contribution in [0.5, 0.6) is 0 Å². The molecule has 154 valence electrons. The van der Waals surface area contributed by atoms with Gasteiger partial charge in [-0.2, -0.15) is 5.10 Å². The Bertz CT molecular complexity index is 1050. The lowest BCUT2D eigenvalue weighted by Crippen LogP contribution is -2.37. The number of likely N-dealkylation sites (tertiary alicyclic amines) is 2. The maximum absolute atomic E-state index is 10.3. The number of nitrogens with zero attached hydrogens (tertiary/aromatic N) is 6. The van der Waals surface area contributed by atoms with Crippen molar-refractivity contribution < 1.29 is 5.11 Å². The number of rotatable bonds is 5. The molecule has 2 unspecified atom stereocenters. The van der Waals surface area contributed by atoms with E-state index in [4.69, 9.17) is 16.7 Å². The summed E-state index contributed by atoms with van der Waals surface area (Å²) in [5.41, 5.74) is 2.01. The predicted octanol–water partition coefficient (Wildman–Crippen LogP) is 1.89. The summed E-state index contributed by atoms with van der Waals surface area (Å²) >= 11 is 6.48. The van der Waals surface area contributed by atoms with E-state index in [0.29, 0.717) is 5.92 Å². The minimum atomic E-state index is -0.0699. The Morgan fingerprint density at radius 2 is 1.93 bits per heavy atom. The van der Waals surface area contributed by atoms with Crippen LogP contribution in [0.4, 0.5) is 0 Å². The van der Waals surface area contributed by atoms with E-state index >= 15 is 0 Å². The number of aliphatic hydroxyl groups is 1. The molecule has 2 atom stereocenters. The standard InChI is InChI=1S/C21H27ClN6O/c1-25-7-6-23-19(25)11-28-9-15-8-27(12-21(15,13-28)14-29)10-17-20-16(22)4-3-5-18(20)26(2)24-17/h3-7,15,29H,8-14H2,1-2H3. The zero-order chi connectivity index (χ0) is 20.2. The Morgan fingerprint density at radius 1 is 1.17 bits per heavy atom. The molecule has 5 rings (SSSR count). The van der Waals surface area contributed by atoms with Gasteiger partial charge in [0, 0.05) is 70.0 Å². The third-order valence-electron chi connectivity index (χ3n) is 6.77. The van der Waals surface area contributed by atoms with Gasteiger partial charge in [-0.3, -0.25) is 14.5 Å². The summed E-state index contributed by atoms with van der Waals surface area (Å²) in [6.45, 7) is 5.57. The van der Waals surface area contributed by atoms with Crippen LogP contribution >= 0.6 is 11.6 Å². The van der Waals surface area contributed by atoms with Crippen LogP contribution in [0.1, 0.15) is 11.5 Å². The maximum Gasteiger partial charge on any atom is 0.122 e. The molecule has 8 heteroatoms. The first-order valence-corrected chi connectivity index (χ1v) is 10.5. The molecule has 4 heterocycles. The van der Waals surface area contributed by atoms with E-state index < -0.39 is 0 Å². The fourth-order valence-electron chi connectivity index (χ4n) is 5.29. The average molecular weight is 415 g/mol. The number of halogens is 1. The normalized spacial score (nSPS) is 25.3. The molecular formula is C21H27ClN6O. The average Bonchev–Trinajstić information content (AvgIpc) is 3.40. The smallest absolute Gasteiger partial charge is 0.122 e. The fourth-order valence-corrected chi connectivity index (χ4v) is 5.57. The molecule has 0 spiro atoms. The molecule has 29 heavy (non-hydrogen) atoms. The van der Waals surface area contributed by atoms with Gasteiger partial charge < -0.3 is 9.67 Å². The van der Waals surface area contributed by atoms with Gasteiger partial charge in [0.2, 0.25) is 0 Å². The fraction of sp³-hybridized carbons (Fsp3) is 0.524. The second-order valence-electron chi connectivity index (χ2n) is 8.72. The van der Waals surface area contributed by atoms with Crippen LogP contribution < -0.4 is 0 Å². The van der Waals surface area contributed by atoms with Gasteiger partial charge in [0.05, 0.1) is 29.4 Å². The van der Waals surface area contributed by atoms with Gasteiger partial charge >= 0.3 is 0 Å². The second-order valence-corrected chi connectivity index (χ2v) is 9.12. The molecule has 1 aromatic carbocycles. The molecule has 2 fully saturated rings. The van der Waals surface area contributed by atoms with E-state index in [2.05, 4.69) is 25.4 Å². The number of imidazole rings is 1. The number of aliphatic hydroxyl groups excluding tert-OH is 1. The van der Waals surface area contributed by atoms with E-state index in [-0.39, 0.29) is 12.0 Å². The van der Waals surface area contributed by atoms with Gasteiger partial charge in [-0.05, 0) is 18.1 Å². The minimum Gasteiger partial charge on any atom is -0.396 e. The molecule has 0 amide bonds. The van der Waals surface area contributed by atoms with Crippen molar-refractivity contribution in [3.05, 3.63) is 47.1 Å². The summed E-state index contributed by atoms with van der Waals surface area (Å²) in [6, 6.07) is 5.95. The highest BCUT2D eigenvalue weighted by atomic mass is 35.5. The quantitative estimate of drug-likeness (QED) is 0.690. The van der Waals surface area contributed by atoms with E-state index in [0.717, 1.165) is 66.7 Å². The van der Waals surface area contributed by atoms with Crippen molar-refractivity contribution in [3.63, 3.8) is 0 Å². The predicted molar refractivity (Wildman–Crippen MR) is 112 cm³/mol. The summed E-state index contributed by atoms with van der Waals surface area (Å²) in [6.07, 6.45) is 3.83. The molecule has 2 aromatic heterocycles. The highest BCUT2D eigenvalue weighted by molar-refractivity contribution is 6.35. The highest BCUT2D eigenvalue weighted by Crippen LogP contribution is 2.43. The van der Waals surface area contributed by atoms with Crippen LogP contribution in [0.15, 0.2) is 30.6 Å². The van der Waals surface area contributed by atoms with Gasteiger partial charge in [-0.15, -0.1) is 0 Å². The van der Waals surface area contributed by atoms with Crippen molar-refractivity contribution >= 4 is 22.5 Å². The molecule has 0 saturated carbocycles. The van der Waals surface area contributed by atoms with E-state index in [1.54, 1.807) is 0 Å². The number of hydrogen-bond acceptors (Lipinski definition) is 5. The van der Waals surface area contributed by atoms with E-state index in [1.807, 2.05) is 43.3 Å². The van der Waals surface area contributed by atoms with Crippen molar-refractivity contribution in [1.29, 1.82) is 0 Å². The summed E-state index contributed by atoms with van der Waals surface area (Å²) in [5, 5.41) is 16.8. The SMILES string of the molecule is Cn1ccnc1CN1CC2CN(Cc3nn(C)c4cccc(Cl)c34)CC2(CO)C1. The first-order chi connectivity index (χ1) is 14.0. The molecular weight excluding hydrogens is 388 g/mol. The maximum atomic E-state index is 10.3. The van der Waals surface area contributed by atoms with Crippen LogP contribution in [-0.4, -0.2) is 67.0 Å². The summed E-state index contributed by atoms with van der Waals surface area (Å²) < 4.78 is 3.98. The Hall–Kier alpha value is -1.93. The molecule has 2 aliphatic heterocycles. The second kappa shape index (κ2) is 7.09. The zero-order valence-corrected chi connectivity index (χ0v) is 17.7. The van der Waals surface area contributed by atoms with Crippen molar-refractivity contribution in [2.75, 3.05) is 32.8 Å². The Balaban J connectivity index is 1.32. The molecule has 0 aliphatic carbocycles. The lowest BCUT2D eigenvalue weighted by molar-refractivity contribution is 0.110. The third kappa shape index (κ3) is 3.17. The molecule has 7 nitrogen and oxygen atoms in total. The lowest BCUT2D eigenvalue weighted by Gasteiger charge is -2.27. The number of fused-ring (bicyclic) bond motifs is 2. The van der Waals surface area contributed by atoms with Gasteiger partial charge in [0.25, 0.3) is 0 Å². The van der Waals surface area contributed by atoms with Crippen LogP contribution in [0.3, 0.4) is 0 Å². The van der Waals surface area contributed by atoms with E-state index in [9.17, 15) is 5.11 Å². The number of aromatic nitrogens is 4. The molecule has 3 aromatic rings. The van der Waals surface area contributed by atoms with Gasteiger partial charge in [0.1, 0.15) is 5.82 Å². The van der Waals surface area contributed by atoms with Crippen molar-refractivity contribution in [2.45, 2.75) is 13.1 Å². The summed E-state index contributed by atoms with van der Waals surface area (Å²) in [4.78, 5) is 9.33. The topological polar surface area (TPSA) is 62.4 Å². The lowest BCUT2D eigenvalue weighted by atomic mass is 9.82. The third-order valence-corrected chi connectivity index (χ3v) is 7.09. The summed E-state index contributed by atoms with van der Waals surface area (Å²) in [5.74, 6) is 1.53. The van der Waals surface area contributed by atoms with Gasteiger partial charge in [0.15, 0.2) is 0 Å². The van der Waals surface area contributed by atoms with Crippen LogP contribution in [0, 0.1) is 11.3 Å². The van der Waals surface area contributed by atoms with Crippen molar-refractivity contribution in [3.8, 4) is 0 Å². The molecule has 0 radical (unpaired) electrons. The molecule has 2 aliphatic rings. The monoisotopic (exact) mass is 414 g/mol. The Morgan fingerprint density at radius 3 is 2.59 bits per heavy atom. The van der Waals surface area contributed by atoms with Crippen LogP contribution in [-0.2, 0) is 27.2 Å². The van der Waals surface area contributed by atoms with Crippen molar-refractivity contribution in [2.24, 2.45) is 25.4 Å². The highest BCUT2D eigenvalue weighted by Gasteiger charge is 2.52. The van der Waals surface area contributed by atoms with Crippen molar-refractivity contribution in [1.82, 2.24) is 29.1 Å². The summed E-state index contributed by atoms with van der Waals surface area (Å²) in [7, 11) is 4.00. The Kier molecular flexibility index (Phi) is 4.66. The zero-order valence-electron chi connectivity index (χ0n) is 16.9. The molecule has 0 bridgehead atoms. The Labute approximate surface area is 175 Å². The molecule has 2 saturated heterocycles. The molecule has 1 N–H and O–H groups in total.